The van der Waals surface area contributed by atoms with E-state index in [4.69, 9.17) is 0 Å². The molecule has 2 aromatic carbocycles. The van der Waals surface area contributed by atoms with E-state index < -0.39 is 0 Å². The van der Waals surface area contributed by atoms with Crippen LogP contribution < -0.4 is 10.9 Å². The zero-order valence-electron chi connectivity index (χ0n) is 15.5. The zero-order valence-corrected chi connectivity index (χ0v) is 15.5. The quantitative estimate of drug-likeness (QED) is 0.792. The molecule has 138 valence electrons. The van der Waals surface area contributed by atoms with Gasteiger partial charge in [-0.3, -0.25) is 15.8 Å². The van der Waals surface area contributed by atoms with Gasteiger partial charge in [0.05, 0.1) is 0 Å². The molecular formula is C22H29N3O. The molecule has 0 aliphatic carbocycles. The molecule has 3 unspecified atom stereocenters. The van der Waals surface area contributed by atoms with E-state index in [1.165, 1.54) is 24.0 Å². The number of aryl methyl sites for hydroxylation is 1. The normalized spacial score (nSPS) is 26.9. The van der Waals surface area contributed by atoms with Crippen molar-refractivity contribution in [3.8, 4) is 5.75 Å². The van der Waals surface area contributed by atoms with Crippen molar-refractivity contribution in [1.29, 1.82) is 0 Å². The fourth-order valence-electron chi connectivity index (χ4n) is 4.60. The molecular weight excluding hydrogens is 322 g/mol. The first-order chi connectivity index (χ1) is 12.7. The number of nitrogens with one attached hydrogen (secondary N) is 2. The number of hydrogen-bond acceptors (Lipinski definition) is 4. The summed E-state index contributed by atoms with van der Waals surface area (Å²) in [5, 5.41) is 10.1. The lowest BCUT2D eigenvalue weighted by Crippen LogP contribution is -2.46. The topological polar surface area (TPSA) is 47.5 Å². The van der Waals surface area contributed by atoms with E-state index in [-0.39, 0.29) is 0 Å². The van der Waals surface area contributed by atoms with Gasteiger partial charge < -0.3 is 5.11 Å². The van der Waals surface area contributed by atoms with E-state index in [9.17, 15) is 5.11 Å². The summed E-state index contributed by atoms with van der Waals surface area (Å²) in [7, 11) is 0. The number of nitrogens with zero attached hydrogens (tertiary/aromatic N) is 1. The first kappa shape index (κ1) is 17.5. The lowest BCUT2D eigenvalue weighted by atomic mass is 9.81. The summed E-state index contributed by atoms with van der Waals surface area (Å²) in [5.41, 5.74) is 10.8. The van der Waals surface area contributed by atoms with Crippen molar-refractivity contribution >= 4 is 0 Å². The number of aromatic hydroxyl groups is 1. The molecule has 0 amide bonds. The Labute approximate surface area is 156 Å². The van der Waals surface area contributed by atoms with Crippen molar-refractivity contribution < 1.29 is 5.11 Å². The molecule has 0 spiro atoms. The molecule has 2 aliphatic heterocycles. The van der Waals surface area contributed by atoms with Gasteiger partial charge >= 0.3 is 0 Å². The van der Waals surface area contributed by atoms with Crippen LogP contribution in [0.25, 0.3) is 0 Å². The summed E-state index contributed by atoms with van der Waals surface area (Å²) >= 11 is 0. The number of hydrogen-bond donors (Lipinski definition) is 3. The van der Waals surface area contributed by atoms with E-state index in [0.29, 0.717) is 23.6 Å². The Morgan fingerprint density at radius 3 is 2.88 bits per heavy atom. The van der Waals surface area contributed by atoms with Crippen LogP contribution in [0.3, 0.4) is 0 Å². The van der Waals surface area contributed by atoms with Crippen molar-refractivity contribution in [2.24, 2.45) is 5.92 Å². The molecule has 0 bridgehead atoms. The first-order valence-electron chi connectivity index (χ1n) is 9.75. The van der Waals surface area contributed by atoms with Crippen molar-refractivity contribution in [3.63, 3.8) is 0 Å². The maximum atomic E-state index is 10.1. The van der Waals surface area contributed by atoms with Crippen molar-refractivity contribution in [1.82, 2.24) is 15.8 Å². The summed E-state index contributed by atoms with van der Waals surface area (Å²) in [6.45, 7) is 6.18. The Hall–Kier alpha value is -1.88. The number of benzene rings is 2. The van der Waals surface area contributed by atoms with Gasteiger partial charge in [0.15, 0.2) is 0 Å². The maximum Gasteiger partial charge on any atom is 0.120 e. The van der Waals surface area contributed by atoms with Crippen LogP contribution in [0.5, 0.6) is 5.75 Å². The number of piperidine rings is 1. The summed E-state index contributed by atoms with van der Waals surface area (Å²) in [4.78, 5) is 2.50. The largest absolute Gasteiger partial charge is 0.508 e. The summed E-state index contributed by atoms with van der Waals surface area (Å²) < 4.78 is 0. The van der Waals surface area contributed by atoms with Crippen LogP contribution in [0.15, 0.2) is 48.5 Å². The number of para-hydroxylation sites is 1. The Morgan fingerprint density at radius 1 is 1.15 bits per heavy atom. The fraction of sp³-hybridized carbons (Fsp3) is 0.455. The summed E-state index contributed by atoms with van der Waals surface area (Å²) in [6.07, 6.45) is 2.48. The van der Waals surface area contributed by atoms with E-state index in [2.05, 4.69) is 46.9 Å². The third kappa shape index (κ3) is 3.78. The Bertz CT molecular complexity index is 748. The van der Waals surface area contributed by atoms with Gasteiger partial charge in [-0.1, -0.05) is 48.0 Å². The van der Waals surface area contributed by atoms with Gasteiger partial charge in [-0.2, -0.15) is 0 Å². The lowest BCUT2D eigenvalue weighted by Gasteiger charge is -2.37. The molecule has 2 heterocycles. The third-order valence-electron chi connectivity index (χ3n) is 5.93. The molecule has 4 nitrogen and oxygen atoms in total. The Kier molecular flexibility index (Phi) is 5.25. The monoisotopic (exact) mass is 351 g/mol. The van der Waals surface area contributed by atoms with Gasteiger partial charge in [-0.25, -0.2) is 0 Å². The van der Waals surface area contributed by atoms with E-state index >= 15 is 0 Å². The van der Waals surface area contributed by atoms with Crippen molar-refractivity contribution in [2.75, 3.05) is 19.6 Å². The molecule has 2 saturated heterocycles. The average Bonchev–Trinajstić information content (AvgIpc) is 3.14. The Morgan fingerprint density at radius 2 is 2.04 bits per heavy atom. The third-order valence-corrected chi connectivity index (χ3v) is 5.93. The second kappa shape index (κ2) is 7.78. The molecule has 0 saturated carbocycles. The molecule has 26 heavy (non-hydrogen) atoms. The molecule has 3 N–H and O–H groups in total. The molecule has 2 aromatic rings. The minimum absolute atomic E-state index is 0.410. The highest BCUT2D eigenvalue weighted by Crippen LogP contribution is 2.32. The second-order valence-electron chi connectivity index (χ2n) is 7.84. The van der Waals surface area contributed by atoms with Gasteiger partial charge in [0.25, 0.3) is 0 Å². The standard InChI is InChI=1S/C22H29N3O/c1-16-6-4-8-17(12-16)20-13-23-24-22(20)19-9-5-11-25(15-19)14-18-7-2-3-10-21(18)26/h2-4,6-8,10,12,19-20,22-24,26H,5,9,11,13-15H2,1H3. The van der Waals surface area contributed by atoms with Gasteiger partial charge in [0.1, 0.15) is 5.75 Å². The van der Waals surface area contributed by atoms with Crippen LogP contribution in [-0.2, 0) is 6.54 Å². The van der Waals surface area contributed by atoms with Crippen LogP contribution in [-0.4, -0.2) is 35.7 Å². The number of phenols is 1. The average molecular weight is 351 g/mol. The van der Waals surface area contributed by atoms with Crippen LogP contribution >= 0.6 is 0 Å². The van der Waals surface area contributed by atoms with E-state index in [1.807, 2.05) is 18.2 Å². The maximum absolute atomic E-state index is 10.1. The van der Waals surface area contributed by atoms with Crippen molar-refractivity contribution in [2.45, 2.75) is 38.3 Å². The second-order valence-corrected chi connectivity index (χ2v) is 7.84. The predicted molar refractivity (Wildman–Crippen MR) is 105 cm³/mol. The molecule has 4 rings (SSSR count). The SMILES string of the molecule is Cc1cccc(C2CNNC2C2CCCN(Cc3ccccc3O)C2)c1. The fourth-order valence-corrected chi connectivity index (χ4v) is 4.60. The highest BCUT2D eigenvalue weighted by atomic mass is 16.3. The predicted octanol–water partition coefficient (Wildman–Crippen LogP) is 3.17. The molecule has 0 aromatic heterocycles. The van der Waals surface area contributed by atoms with Crippen molar-refractivity contribution in [3.05, 3.63) is 65.2 Å². The number of rotatable bonds is 4. The summed E-state index contributed by atoms with van der Waals surface area (Å²) in [5.74, 6) is 1.55. The highest BCUT2D eigenvalue weighted by Gasteiger charge is 2.36. The van der Waals surface area contributed by atoms with Crippen LogP contribution in [0, 0.1) is 12.8 Å². The first-order valence-corrected chi connectivity index (χ1v) is 9.75. The van der Waals surface area contributed by atoms with Gasteiger partial charge in [0, 0.05) is 37.2 Å². The smallest absolute Gasteiger partial charge is 0.120 e. The number of likely N-dealkylation sites (tertiary alicyclic amines) is 1. The molecule has 2 fully saturated rings. The van der Waals surface area contributed by atoms with Gasteiger partial charge in [0.2, 0.25) is 0 Å². The van der Waals surface area contributed by atoms with Gasteiger partial charge in [-0.05, 0) is 43.9 Å². The van der Waals surface area contributed by atoms with Crippen LogP contribution in [0.2, 0.25) is 0 Å². The highest BCUT2D eigenvalue weighted by molar-refractivity contribution is 5.32. The number of hydrazine groups is 1. The van der Waals surface area contributed by atoms with E-state index in [1.54, 1.807) is 6.07 Å². The Balaban J connectivity index is 1.46. The van der Waals surface area contributed by atoms with Crippen LogP contribution in [0.4, 0.5) is 0 Å². The van der Waals surface area contributed by atoms with E-state index in [0.717, 1.165) is 31.7 Å². The molecule has 0 radical (unpaired) electrons. The molecule has 3 atom stereocenters. The zero-order chi connectivity index (χ0) is 17.9. The minimum Gasteiger partial charge on any atom is -0.508 e. The van der Waals surface area contributed by atoms with Crippen LogP contribution in [0.1, 0.15) is 35.4 Å². The lowest BCUT2D eigenvalue weighted by molar-refractivity contribution is 0.138. The summed E-state index contributed by atoms with van der Waals surface area (Å²) in [6, 6.07) is 17.1. The minimum atomic E-state index is 0.410. The molecule has 4 heteroatoms. The molecule has 2 aliphatic rings. The number of phenolic OH excluding ortho intramolecular Hbond substituents is 1. The van der Waals surface area contributed by atoms with Gasteiger partial charge in [-0.15, -0.1) is 0 Å².